The van der Waals surface area contributed by atoms with E-state index in [4.69, 9.17) is 9.84 Å². The van der Waals surface area contributed by atoms with Gasteiger partial charge in [0, 0.05) is 24.7 Å². The van der Waals surface area contributed by atoms with E-state index in [1.54, 1.807) is 12.1 Å². The van der Waals surface area contributed by atoms with Crippen LogP contribution in [0, 0.1) is 5.92 Å². The molecule has 0 bridgehead atoms. The van der Waals surface area contributed by atoms with Crippen molar-refractivity contribution in [3.05, 3.63) is 24.3 Å². The van der Waals surface area contributed by atoms with Crippen LogP contribution in [0.15, 0.2) is 24.3 Å². The van der Waals surface area contributed by atoms with Crippen LogP contribution in [0.25, 0.3) is 0 Å². The highest BCUT2D eigenvalue weighted by Gasteiger charge is 2.35. The predicted octanol–water partition coefficient (Wildman–Crippen LogP) is 1.91. The van der Waals surface area contributed by atoms with Gasteiger partial charge in [-0.05, 0) is 18.6 Å². The van der Waals surface area contributed by atoms with Crippen LogP contribution in [0.4, 0.5) is 5.69 Å². The van der Waals surface area contributed by atoms with Gasteiger partial charge in [0.1, 0.15) is 5.75 Å². The summed E-state index contributed by atoms with van der Waals surface area (Å²) < 4.78 is 5.51. The fraction of sp³-hybridized carbons (Fsp3) is 0.429. The summed E-state index contributed by atoms with van der Waals surface area (Å²) >= 11 is 0. The van der Waals surface area contributed by atoms with Crippen molar-refractivity contribution in [1.29, 1.82) is 0 Å². The zero-order chi connectivity index (χ0) is 13.8. The van der Waals surface area contributed by atoms with E-state index in [-0.39, 0.29) is 18.9 Å². The van der Waals surface area contributed by atoms with Crippen molar-refractivity contribution in [1.82, 2.24) is 0 Å². The van der Waals surface area contributed by atoms with Crippen LogP contribution in [0.2, 0.25) is 0 Å². The smallest absolute Gasteiger partial charge is 0.308 e. The second-order valence-corrected chi connectivity index (χ2v) is 4.59. The Kier molecular flexibility index (Phi) is 4.04. The Hall–Kier alpha value is -2.04. The molecule has 1 amide bonds. The predicted molar refractivity (Wildman–Crippen MR) is 70.3 cm³/mol. The van der Waals surface area contributed by atoms with E-state index in [2.05, 4.69) is 0 Å². The molecule has 1 atom stereocenters. The molecule has 102 valence electrons. The number of amides is 1. The number of anilines is 1. The first kappa shape index (κ1) is 13.4. The fourth-order valence-corrected chi connectivity index (χ4v) is 2.08. The second-order valence-electron chi connectivity index (χ2n) is 4.59. The maximum Gasteiger partial charge on any atom is 0.308 e. The van der Waals surface area contributed by atoms with Gasteiger partial charge in [0.25, 0.3) is 0 Å². The number of carboxylic acids is 1. The molecule has 1 aliphatic heterocycles. The van der Waals surface area contributed by atoms with Gasteiger partial charge in [-0.3, -0.25) is 9.59 Å². The Morgan fingerprint density at radius 3 is 2.95 bits per heavy atom. The summed E-state index contributed by atoms with van der Waals surface area (Å²) in [7, 11) is 0. The van der Waals surface area contributed by atoms with Gasteiger partial charge in [-0.15, -0.1) is 0 Å². The van der Waals surface area contributed by atoms with Crippen molar-refractivity contribution in [3.8, 4) is 5.75 Å². The van der Waals surface area contributed by atoms with Crippen molar-refractivity contribution >= 4 is 17.6 Å². The molecule has 0 aromatic heterocycles. The van der Waals surface area contributed by atoms with Crippen LogP contribution < -0.4 is 9.64 Å². The van der Waals surface area contributed by atoms with E-state index in [1.165, 1.54) is 4.90 Å². The molecule has 1 unspecified atom stereocenters. The molecule has 0 radical (unpaired) electrons. The Morgan fingerprint density at radius 2 is 2.32 bits per heavy atom. The van der Waals surface area contributed by atoms with E-state index >= 15 is 0 Å². The SMILES string of the molecule is CCCOc1cccc(N2CC(C(=O)O)CC2=O)c1. The summed E-state index contributed by atoms with van der Waals surface area (Å²) in [6, 6.07) is 7.20. The lowest BCUT2D eigenvalue weighted by molar-refractivity contribution is -0.141. The number of hydrogen-bond donors (Lipinski definition) is 1. The number of ether oxygens (including phenoxy) is 1. The number of carboxylic acid groups (broad SMARTS) is 1. The number of benzene rings is 1. The fourth-order valence-electron chi connectivity index (χ4n) is 2.08. The summed E-state index contributed by atoms with van der Waals surface area (Å²) in [5, 5.41) is 8.96. The van der Waals surface area contributed by atoms with Gasteiger partial charge < -0.3 is 14.7 Å². The van der Waals surface area contributed by atoms with Gasteiger partial charge in [-0.2, -0.15) is 0 Å². The lowest BCUT2D eigenvalue weighted by Gasteiger charge is -2.17. The third-order valence-electron chi connectivity index (χ3n) is 3.08. The molecule has 1 saturated heterocycles. The molecule has 5 nitrogen and oxygen atoms in total. The topological polar surface area (TPSA) is 66.8 Å². The Bertz CT molecular complexity index is 486. The van der Waals surface area contributed by atoms with Crippen LogP contribution in [0.5, 0.6) is 5.75 Å². The van der Waals surface area contributed by atoms with Gasteiger partial charge in [0.05, 0.1) is 12.5 Å². The Labute approximate surface area is 111 Å². The average Bonchev–Trinajstić information content (AvgIpc) is 2.79. The summed E-state index contributed by atoms with van der Waals surface area (Å²) in [4.78, 5) is 24.3. The monoisotopic (exact) mass is 263 g/mol. The van der Waals surface area contributed by atoms with Crippen LogP contribution in [-0.4, -0.2) is 30.1 Å². The van der Waals surface area contributed by atoms with Crippen molar-refractivity contribution in [2.24, 2.45) is 5.92 Å². The first-order valence-corrected chi connectivity index (χ1v) is 6.38. The molecule has 19 heavy (non-hydrogen) atoms. The molecule has 1 fully saturated rings. The van der Waals surface area contributed by atoms with Gasteiger partial charge >= 0.3 is 5.97 Å². The highest BCUT2D eigenvalue weighted by molar-refractivity contribution is 5.99. The minimum atomic E-state index is -0.922. The van der Waals surface area contributed by atoms with E-state index < -0.39 is 11.9 Å². The number of rotatable bonds is 5. The van der Waals surface area contributed by atoms with Crippen LogP contribution in [0.1, 0.15) is 19.8 Å². The summed E-state index contributed by atoms with van der Waals surface area (Å²) in [5.74, 6) is -0.993. The highest BCUT2D eigenvalue weighted by atomic mass is 16.5. The van der Waals surface area contributed by atoms with Crippen LogP contribution in [-0.2, 0) is 9.59 Å². The molecule has 2 rings (SSSR count). The third-order valence-corrected chi connectivity index (χ3v) is 3.08. The van der Waals surface area contributed by atoms with E-state index in [0.717, 1.165) is 6.42 Å². The molecule has 1 aromatic carbocycles. The van der Waals surface area contributed by atoms with Crippen molar-refractivity contribution in [2.45, 2.75) is 19.8 Å². The van der Waals surface area contributed by atoms with Gasteiger partial charge in [0.15, 0.2) is 0 Å². The van der Waals surface area contributed by atoms with Crippen molar-refractivity contribution in [2.75, 3.05) is 18.1 Å². The number of nitrogens with zero attached hydrogens (tertiary/aromatic N) is 1. The van der Waals surface area contributed by atoms with Gasteiger partial charge in [-0.1, -0.05) is 13.0 Å². The summed E-state index contributed by atoms with van der Waals surface area (Å²) in [6.07, 6.45) is 0.976. The molecule has 1 heterocycles. The van der Waals surface area contributed by atoms with E-state index in [1.807, 2.05) is 19.1 Å². The largest absolute Gasteiger partial charge is 0.494 e. The van der Waals surface area contributed by atoms with Gasteiger partial charge in [0.2, 0.25) is 5.91 Å². The highest BCUT2D eigenvalue weighted by Crippen LogP contribution is 2.28. The number of hydrogen-bond acceptors (Lipinski definition) is 3. The molecule has 0 spiro atoms. The molecule has 5 heteroatoms. The summed E-state index contributed by atoms with van der Waals surface area (Å²) in [6.45, 7) is 2.87. The lowest BCUT2D eigenvalue weighted by atomic mass is 10.1. The Morgan fingerprint density at radius 1 is 1.53 bits per heavy atom. The maximum atomic E-state index is 11.8. The molecule has 0 saturated carbocycles. The Balaban J connectivity index is 2.13. The maximum absolute atomic E-state index is 11.8. The molecular weight excluding hydrogens is 246 g/mol. The molecular formula is C14H17NO4. The second kappa shape index (κ2) is 5.73. The zero-order valence-electron chi connectivity index (χ0n) is 10.8. The lowest BCUT2D eigenvalue weighted by Crippen LogP contribution is -2.25. The van der Waals surface area contributed by atoms with Gasteiger partial charge in [-0.25, -0.2) is 0 Å². The van der Waals surface area contributed by atoms with Crippen LogP contribution >= 0.6 is 0 Å². The minimum Gasteiger partial charge on any atom is -0.494 e. The molecule has 1 aliphatic rings. The number of carbonyl (C=O) groups excluding carboxylic acids is 1. The third kappa shape index (κ3) is 3.05. The summed E-state index contributed by atoms with van der Waals surface area (Å²) in [5.41, 5.74) is 0.697. The first-order chi connectivity index (χ1) is 9.11. The van der Waals surface area contributed by atoms with Crippen LogP contribution in [0.3, 0.4) is 0 Å². The number of aliphatic carboxylic acids is 1. The number of carbonyl (C=O) groups is 2. The van der Waals surface area contributed by atoms with E-state index in [0.29, 0.717) is 18.0 Å². The normalized spacial score (nSPS) is 18.7. The quantitative estimate of drug-likeness (QED) is 0.881. The first-order valence-electron chi connectivity index (χ1n) is 6.38. The van der Waals surface area contributed by atoms with Crippen molar-refractivity contribution in [3.63, 3.8) is 0 Å². The molecule has 1 N–H and O–H groups in total. The molecule has 1 aromatic rings. The van der Waals surface area contributed by atoms with Crippen molar-refractivity contribution < 1.29 is 19.4 Å². The standard InChI is InChI=1S/C14H17NO4/c1-2-6-19-12-5-3-4-11(8-12)15-9-10(14(17)18)7-13(15)16/h3-5,8,10H,2,6-7,9H2,1H3,(H,17,18). The molecule has 0 aliphatic carbocycles. The minimum absolute atomic E-state index is 0.0649. The zero-order valence-corrected chi connectivity index (χ0v) is 10.8. The average molecular weight is 263 g/mol. The van der Waals surface area contributed by atoms with E-state index in [9.17, 15) is 9.59 Å².